The Labute approximate surface area is 123 Å². The number of nitrogens with one attached hydrogen (secondary N) is 1. The third-order valence-electron chi connectivity index (χ3n) is 2.93. The number of carbonyl (C=O) groups is 1. The number of guanidine groups is 1. The van der Waals surface area contributed by atoms with E-state index in [-0.39, 0.29) is 0 Å². The highest BCUT2D eigenvalue weighted by atomic mass is 79.9. The van der Waals surface area contributed by atoms with Crippen LogP contribution in [0.5, 0.6) is 0 Å². The van der Waals surface area contributed by atoms with Gasteiger partial charge in [-0.3, -0.25) is 19.9 Å². The third-order valence-corrected chi connectivity index (χ3v) is 3.73. The van der Waals surface area contributed by atoms with E-state index in [1.54, 1.807) is 12.4 Å². The molecule has 2 heterocycles. The summed E-state index contributed by atoms with van der Waals surface area (Å²) in [5.41, 5.74) is 7.58. The zero-order chi connectivity index (χ0) is 14.1. The van der Waals surface area contributed by atoms with Gasteiger partial charge in [0, 0.05) is 12.4 Å². The Morgan fingerprint density at radius 3 is 2.95 bits per heavy atom. The number of nitrogens with zero attached hydrogens (tertiary/aromatic N) is 4. The average molecular weight is 335 g/mol. The van der Waals surface area contributed by atoms with E-state index in [9.17, 15) is 4.79 Å². The Bertz CT molecular complexity index is 716. The van der Waals surface area contributed by atoms with Crippen LogP contribution in [-0.4, -0.2) is 39.9 Å². The molecule has 3 rings (SSSR count). The lowest BCUT2D eigenvalue weighted by Crippen LogP contribution is -2.41. The number of halogens is 1. The summed E-state index contributed by atoms with van der Waals surface area (Å²) in [5.74, 6) is 0.446. The Morgan fingerprint density at radius 2 is 2.15 bits per heavy atom. The van der Waals surface area contributed by atoms with Gasteiger partial charge in [-0.05, 0) is 28.1 Å². The monoisotopic (exact) mass is 334 g/mol. The molecule has 1 aromatic carbocycles. The number of benzene rings is 1. The van der Waals surface area contributed by atoms with E-state index >= 15 is 0 Å². The minimum absolute atomic E-state index is 0.446. The fraction of sp³-hybridized carbons (Fsp3) is 0.167. The van der Waals surface area contributed by atoms with E-state index in [1.165, 1.54) is 4.90 Å². The van der Waals surface area contributed by atoms with Gasteiger partial charge in [-0.15, -0.1) is 0 Å². The molecule has 2 aromatic rings. The Morgan fingerprint density at radius 1 is 1.35 bits per heavy atom. The van der Waals surface area contributed by atoms with Crippen molar-refractivity contribution < 1.29 is 4.79 Å². The fourth-order valence-corrected chi connectivity index (χ4v) is 2.53. The van der Waals surface area contributed by atoms with Crippen LogP contribution in [0, 0.1) is 0 Å². The molecule has 8 heteroatoms. The van der Waals surface area contributed by atoms with E-state index in [1.807, 2.05) is 12.1 Å². The molecule has 3 N–H and O–H groups in total. The second-order valence-electron chi connectivity index (χ2n) is 4.17. The summed E-state index contributed by atoms with van der Waals surface area (Å²) in [6, 6.07) is 3.17. The fourth-order valence-electron chi connectivity index (χ4n) is 1.99. The predicted octanol–water partition coefficient (Wildman–Crippen LogP) is 1.55. The van der Waals surface area contributed by atoms with Crippen molar-refractivity contribution in [3.63, 3.8) is 0 Å². The van der Waals surface area contributed by atoms with Crippen molar-refractivity contribution in [1.29, 1.82) is 0 Å². The number of carbonyl (C=O) groups excluding carboxylic acids is 1. The van der Waals surface area contributed by atoms with Crippen LogP contribution < -0.4 is 11.1 Å². The second kappa shape index (κ2) is 5.04. The van der Waals surface area contributed by atoms with E-state index in [4.69, 9.17) is 5.73 Å². The SMILES string of the molecule is NC(=O)N1CCN=C1Nc1ccc2nccnc2c1Br. The van der Waals surface area contributed by atoms with Gasteiger partial charge in [0.25, 0.3) is 0 Å². The number of hydrogen-bond donors (Lipinski definition) is 2. The second-order valence-corrected chi connectivity index (χ2v) is 4.96. The van der Waals surface area contributed by atoms with Crippen molar-refractivity contribution >= 4 is 44.6 Å². The summed E-state index contributed by atoms with van der Waals surface area (Å²) < 4.78 is 0.766. The van der Waals surface area contributed by atoms with Gasteiger partial charge in [0.05, 0.1) is 28.8 Å². The smallest absolute Gasteiger partial charge is 0.321 e. The molecule has 0 bridgehead atoms. The summed E-state index contributed by atoms with van der Waals surface area (Å²) >= 11 is 3.49. The van der Waals surface area contributed by atoms with E-state index < -0.39 is 6.03 Å². The van der Waals surface area contributed by atoms with Crippen LogP contribution in [0.2, 0.25) is 0 Å². The predicted molar refractivity (Wildman–Crippen MR) is 79.5 cm³/mol. The first-order chi connectivity index (χ1) is 9.66. The quantitative estimate of drug-likeness (QED) is 0.826. The van der Waals surface area contributed by atoms with Gasteiger partial charge >= 0.3 is 6.03 Å². The summed E-state index contributed by atoms with van der Waals surface area (Å²) in [6.45, 7) is 1.03. The molecule has 0 atom stereocenters. The lowest BCUT2D eigenvalue weighted by Gasteiger charge is -2.17. The highest BCUT2D eigenvalue weighted by molar-refractivity contribution is 9.10. The first-order valence-corrected chi connectivity index (χ1v) is 6.74. The average Bonchev–Trinajstić information content (AvgIpc) is 2.91. The number of fused-ring (bicyclic) bond motifs is 1. The van der Waals surface area contributed by atoms with E-state index in [2.05, 4.69) is 36.2 Å². The number of nitrogens with two attached hydrogens (primary N) is 1. The van der Waals surface area contributed by atoms with Gasteiger partial charge in [-0.2, -0.15) is 0 Å². The molecule has 0 aliphatic carbocycles. The number of rotatable bonds is 1. The van der Waals surface area contributed by atoms with Gasteiger partial charge in [-0.25, -0.2) is 4.79 Å². The maximum absolute atomic E-state index is 11.3. The van der Waals surface area contributed by atoms with Gasteiger partial charge in [0.15, 0.2) is 0 Å². The van der Waals surface area contributed by atoms with Crippen LogP contribution in [-0.2, 0) is 0 Å². The van der Waals surface area contributed by atoms with Crippen LogP contribution in [0.3, 0.4) is 0 Å². The molecule has 2 amide bonds. The van der Waals surface area contributed by atoms with Crippen LogP contribution in [0.15, 0.2) is 34.0 Å². The molecule has 0 radical (unpaired) electrons. The summed E-state index contributed by atoms with van der Waals surface area (Å²) in [4.78, 5) is 25.4. The molecule has 20 heavy (non-hydrogen) atoms. The van der Waals surface area contributed by atoms with Crippen molar-refractivity contribution in [3.05, 3.63) is 29.0 Å². The number of aromatic nitrogens is 2. The molecule has 1 aliphatic rings. The lowest BCUT2D eigenvalue weighted by molar-refractivity contribution is 0.232. The molecule has 7 nitrogen and oxygen atoms in total. The Balaban J connectivity index is 1.95. The molecule has 0 spiro atoms. The molecule has 0 saturated heterocycles. The number of amides is 2. The van der Waals surface area contributed by atoms with E-state index in [0.29, 0.717) is 19.0 Å². The van der Waals surface area contributed by atoms with Gasteiger partial charge < -0.3 is 11.1 Å². The molecule has 0 saturated carbocycles. The number of aliphatic imine (C=N–C) groups is 1. The van der Waals surface area contributed by atoms with Crippen molar-refractivity contribution in [2.75, 3.05) is 18.4 Å². The number of primary amides is 1. The minimum Gasteiger partial charge on any atom is -0.351 e. The Hall–Kier alpha value is -2.22. The minimum atomic E-state index is -0.523. The molecular formula is C12H11BrN6O. The van der Waals surface area contributed by atoms with Crippen LogP contribution in [0.1, 0.15) is 0 Å². The topological polar surface area (TPSA) is 96.5 Å². The highest BCUT2D eigenvalue weighted by Gasteiger charge is 2.22. The van der Waals surface area contributed by atoms with Crippen LogP contribution in [0.25, 0.3) is 11.0 Å². The van der Waals surface area contributed by atoms with Crippen LogP contribution >= 0.6 is 15.9 Å². The third kappa shape index (κ3) is 2.18. The first kappa shape index (κ1) is 12.8. The van der Waals surface area contributed by atoms with Crippen molar-refractivity contribution in [3.8, 4) is 0 Å². The number of urea groups is 1. The highest BCUT2D eigenvalue weighted by Crippen LogP contribution is 2.29. The van der Waals surface area contributed by atoms with Crippen molar-refractivity contribution in [2.24, 2.45) is 10.7 Å². The maximum atomic E-state index is 11.3. The van der Waals surface area contributed by atoms with Gasteiger partial charge in [0.2, 0.25) is 5.96 Å². The summed E-state index contributed by atoms with van der Waals surface area (Å²) in [7, 11) is 0. The van der Waals surface area contributed by atoms with Crippen molar-refractivity contribution in [2.45, 2.75) is 0 Å². The van der Waals surface area contributed by atoms with Gasteiger partial charge in [-0.1, -0.05) is 0 Å². The maximum Gasteiger partial charge on any atom is 0.321 e. The van der Waals surface area contributed by atoms with E-state index in [0.717, 1.165) is 21.2 Å². The molecule has 102 valence electrons. The zero-order valence-electron chi connectivity index (χ0n) is 10.4. The Kier molecular flexibility index (Phi) is 3.23. The zero-order valence-corrected chi connectivity index (χ0v) is 12.0. The molecule has 1 aromatic heterocycles. The van der Waals surface area contributed by atoms with Crippen LogP contribution in [0.4, 0.5) is 10.5 Å². The molecule has 0 fully saturated rings. The van der Waals surface area contributed by atoms with Crippen molar-refractivity contribution in [1.82, 2.24) is 14.9 Å². The summed E-state index contributed by atoms with van der Waals surface area (Å²) in [5, 5.41) is 3.09. The normalized spacial score (nSPS) is 14.4. The summed E-state index contributed by atoms with van der Waals surface area (Å²) in [6.07, 6.45) is 3.26. The van der Waals surface area contributed by atoms with Gasteiger partial charge in [0.1, 0.15) is 5.52 Å². The first-order valence-electron chi connectivity index (χ1n) is 5.94. The lowest BCUT2D eigenvalue weighted by atomic mass is 10.2. The standard InChI is InChI=1S/C12H11BrN6O/c13-9-7(1-2-8-10(9)16-4-3-15-8)18-12-17-5-6-19(12)11(14)20/h1-4H,5-6H2,(H2,14,20)(H,17,18). The molecule has 0 unspecified atom stereocenters. The number of hydrogen-bond acceptors (Lipinski definition) is 5. The molecular weight excluding hydrogens is 324 g/mol. The molecule has 1 aliphatic heterocycles. The largest absolute Gasteiger partial charge is 0.351 e. The number of anilines is 1.